The van der Waals surface area contributed by atoms with E-state index < -0.39 is 0 Å². The maximum Gasteiger partial charge on any atom is 0.156 e. The Bertz CT molecular complexity index is 2930. The summed E-state index contributed by atoms with van der Waals surface area (Å²) in [5.41, 5.74) is 14.9. The van der Waals surface area contributed by atoms with Crippen molar-refractivity contribution in [2.75, 3.05) is 9.80 Å². The van der Waals surface area contributed by atoms with Gasteiger partial charge in [0, 0.05) is 44.7 Å². The van der Waals surface area contributed by atoms with Gasteiger partial charge < -0.3 is 19.3 Å². The topological polar surface area (TPSA) is 24.9 Å². The van der Waals surface area contributed by atoms with Gasteiger partial charge in [0.15, 0.2) is 11.5 Å². The van der Waals surface area contributed by atoms with Crippen LogP contribution in [-0.2, 0) is 10.8 Å². The monoisotopic (exact) mass is 906 g/mol. The fraction of sp³-hybridized carbons (Fsp3) is 0.100. The smallest absolute Gasteiger partial charge is 0.156 e. The van der Waals surface area contributed by atoms with E-state index in [0.29, 0.717) is 16.0 Å². The van der Waals surface area contributed by atoms with Gasteiger partial charge in [0.25, 0.3) is 0 Å². The van der Waals surface area contributed by atoms with Crippen molar-refractivity contribution in [1.29, 1.82) is 0 Å². The standard InChI is InChI=1S/C60H47BrN2O2/c1-59(2)48-32-19-17-30-44(48)46-36-38-50(62(40-22-9-5-10-23-40)41-24-11-6-12-25-41)57(54(46)59)64-52-34-21-35-53(56(52)61)65-58-51(63(42-26-13-7-14-27-42)43-28-15-8-16-29-43)39-37-47-45-31-18-20-33-49(45)60(3,4)55(47)58/h5-39H,1-4H3. The van der Waals surface area contributed by atoms with Crippen molar-refractivity contribution >= 4 is 50.1 Å². The average molecular weight is 908 g/mol. The number of fused-ring (bicyclic) bond motifs is 6. The van der Waals surface area contributed by atoms with Gasteiger partial charge in [-0.1, -0.05) is 167 Å². The predicted molar refractivity (Wildman–Crippen MR) is 272 cm³/mol. The summed E-state index contributed by atoms with van der Waals surface area (Å²) in [6.07, 6.45) is 0. The highest BCUT2D eigenvalue weighted by Gasteiger charge is 2.42. The van der Waals surface area contributed by atoms with E-state index in [9.17, 15) is 0 Å². The molecular formula is C60H47BrN2O2. The second-order valence-corrected chi connectivity index (χ2v) is 18.6. The molecule has 316 valence electrons. The number of nitrogens with zero attached hydrogens (tertiary/aromatic N) is 2. The van der Waals surface area contributed by atoms with Gasteiger partial charge in [-0.2, -0.15) is 0 Å². The SMILES string of the molecule is CC1(C)c2ccccc2-c2ccc(N(c3ccccc3)c3ccccc3)c(Oc3cccc(Oc4c(N(c5ccccc5)c5ccccc5)ccc5c4C(C)(C)c4ccccc4-5)c3Br)c21. The number of para-hydroxylation sites is 4. The first-order chi connectivity index (χ1) is 31.7. The zero-order valence-electron chi connectivity index (χ0n) is 36.8. The third-order valence-corrected chi connectivity index (χ3v) is 14.0. The van der Waals surface area contributed by atoms with Crippen molar-refractivity contribution in [3.05, 3.63) is 239 Å². The Morgan fingerprint density at radius 1 is 0.338 bits per heavy atom. The van der Waals surface area contributed by atoms with Crippen LogP contribution in [0.2, 0.25) is 0 Å². The molecule has 0 spiro atoms. The van der Waals surface area contributed by atoms with Crippen molar-refractivity contribution in [2.45, 2.75) is 38.5 Å². The largest absolute Gasteiger partial charge is 0.453 e. The van der Waals surface area contributed by atoms with Crippen molar-refractivity contribution in [3.63, 3.8) is 0 Å². The van der Waals surface area contributed by atoms with Crippen LogP contribution in [-0.4, -0.2) is 0 Å². The third-order valence-electron chi connectivity index (χ3n) is 13.2. The number of anilines is 6. The van der Waals surface area contributed by atoms with E-state index in [1.54, 1.807) is 0 Å². The molecule has 0 saturated carbocycles. The van der Waals surface area contributed by atoms with E-state index in [1.807, 2.05) is 18.2 Å². The Labute approximate surface area is 390 Å². The van der Waals surface area contributed by atoms with Crippen molar-refractivity contribution in [1.82, 2.24) is 0 Å². The van der Waals surface area contributed by atoms with Gasteiger partial charge in [0.1, 0.15) is 16.0 Å². The van der Waals surface area contributed by atoms with Crippen LogP contribution in [0.15, 0.2) is 217 Å². The molecule has 5 heteroatoms. The van der Waals surface area contributed by atoms with E-state index in [4.69, 9.17) is 9.47 Å². The summed E-state index contributed by atoms with van der Waals surface area (Å²) in [7, 11) is 0. The number of benzene rings is 9. The molecule has 9 aromatic rings. The van der Waals surface area contributed by atoms with Gasteiger partial charge in [-0.15, -0.1) is 0 Å². The summed E-state index contributed by atoms with van der Waals surface area (Å²) in [5.74, 6) is 2.85. The lowest BCUT2D eigenvalue weighted by Crippen LogP contribution is -2.19. The molecule has 0 N–H and O–H groups in total. The molecule has 0 aromatic heterocycles. The van der Waals surface area contributed by atoms with Crippen molar-refractivity contribution in [2.24, 2.45) is 0 Å². The third kappa shape index (κ3) is 6.72. The maximum atomic E-state index is 7.47. The summed E-state index contributed by atoms with van der Waals surface area (Å²) in [4.78, 5) is 4.59. The highest BCUT2D eigenvalue weighted by atomic mass is 79.9. The number of hydrogen-bond donors (Lipinski definition) is 0. The van der Waals surface area contributed by atoms with E-state index in [0.717, 1.165) is 56.8 Å². The van der Waals surface area contributed by atoms with Gasteiger partial charge in [0.05, 0.1) is 11.4 Å². The van der Waals surface area contributed by atoms with Crippen LogP contribution in [0.5, 0.6) is 23.0 Å². The molecule has 65 heavy (non-hydrogen) atoms. The first-order valence-electron chi connectivity index (χ1n) is 22.2. The lowest BCUT2D eigenvalue weighted by Gasteiger charge is -2.32. The molecule has 9 aromatic carbocycles. The minimum Gasteiger partial charge on any atom is -0.453 e. The number of hydrogen-bond acceptors (Lipinski definition) is 4. The van der Waals surface area contributed by atoms with Crippen LogP contribution >= 0.6 is 15.9 Å². The summed E-state index contributed by atoms with van der Waals surface area (Å²) >= 11 is 4.10. The van der Waals surface area contributed by atoms with Gasteiger partial charge in [0.2, 0.25) is 0 Å². The van der Waals surface area contributed by atoms with Gasteiger partial charge >= 0.3 is 0 Å². The summed E-state index contributed by atoms with van der Waals surface area (Å²) < 4.78 is 15.7. The quantitative estimate of drug-likeness (QED) is 0.136. The predicted octanol–water partition coefficient (Wildman–Crippen LogP) is 17.6. The fourth-order valence-corrected chi connectivity index (χ4v) is 10.6. The van der Waals surface area contributed by atoms with Crippen LogP contribution in [0.4, 0.5) is 34.1 Å². The van der Waals surface area contributed by atoms with Gasteiger partial charge in [-0.05, 0) is 122 Å². The summed E-state index contributed by atoms with van der Waals surface area (Å²) in [5, 5.41) is 0. The molecule has 0 atom stereocenters. The molecule has 4 nitrogen and oxygen atoms in total. The molecule has 2 aliphatic rings. The molecule has 0 fully saturated rings. The Morgan fingerprint density at radius 3 is 1.02 bits per heavy atom. The average Bonchev–Trinajstić information content (AvgIpc) is 3.72. The van der Waals surface area contributed by atoms with Crippen LogP contribution in [0.3, 0.4) is 0 Å². The maximum absolute atomic E-state index is 7.47. The molecule has 0 aliphatic heterocycles. The van der Waals surface area contributed by atoms with Crippen LogP contribution in [0.1, 0.15) is 49.9 Å². The lowest BCUT2D eigenvalue weighted by molar-refractivity contribution is 0.441. The first-order valence-corrected chi connectivity index (χ1v) is 23.0. The highest BCUT2D eigenvalue weighted by Crippen LogP contribution is 2.60. The van der Waals surface area contributed by atoms with Gasteiger partial charge in [-0.25, -0.2) is 0 Å². The van der Waals surface area contributed by atoms with E-state index in [-0.39, 0.29) is 10.8 Å². The molecular weight excluding hydrogens is 861 g/mol. The Kier molecular flexibility index (Phi) is 9.97. The number of halogens is 1. The molecule has 0 saturated heterocycles. The number of ether oxygens (including phenoxy) is 2. The Balaban J connectivity index is 1.10. The minimum atomic E-state index is -0.366. The molecule has 2 aliphatic carbocycles. The fourth-order valence-electron chi connectivity index (χ4n) is 10.2. The second kappa shape index (κ2) is 16.0. The zero-order chi connectivity index (χ0) is 44.3. The zero-order valence-corrected chi connectivity index (χ0v) is 38.4. The number of rotatable bonds is 10. The van der Waals surface area contributed by atoms with E-state index >= 15 is 0 Å². The van der Waals surface area contributed by atoms with Crippen molar-refractivity contribution in [3.8, 4) is 45.3 Å². The minimum absolute atomic E-state index is 0.366. The van der Waals surface area contributed by atoms with Crippen LogP contribution in [0, 0.1) is 0 Å². The van der Waals surface area contributed by atoms with E-state index in [1.165, 1.54) is 33.4 Å². The van der Waals surface area contributed by atoms with Crippen LogP contribution < -0.4 is 19.3 Å². The molecule has 11 rings (SSSR count). The Morgan fingerprint density at radius 2 is 0.662 bits per heavy atom. The molecule has 0 radical (unpaired) electrons. The van der Waals surface area contributed by atoms with Crippen molar-refractivity contribution < 1.29 is 9.47 Å². The highest BCUT2D eigenvalue weighted by molar-refractivity contribution is 9.10. The second-order valence-electron chi connectivity index (χ2n) is 17.8. The lowest BCUT2D eigenvalue weighted by atomic mass is 9.81. The molecule has 0 bridgehead atoms. The first kappa shape index (κ1) is 40.4. The van der Waals surface area contributed by atoms with E-state index in [2.05, 4.69) is 248 Å². The molecule has 0 amide bonds. The summed E-state index contributed by atoms with van der Waals surface area (Å²) in [6.45, 7) is 9.23. The normalized spacial score (nSPS) is 13.6. The van der Waals surface area contributed by atoms with Crippen LogP contribution in [0.25, 0.3) is 22.3 Å². The Hall–Kier alpha value is -7.34. The van der Waals surface area contributed by atoms with Gasteiger partial charge in [-0.3, -0.25) is 0 Å². The molecule has 0 unspecified atom stereocenters. The molecule has 0 heterocycles. The summed E-state index contributed by atoms with van der Waals surface area (Å²) in [6, 6.07) is 74.6.